The highest BCUT2D eigenvalue weighted by Gasteiger charge is 2.51. The van der Waals surface area contributed by atoms with Gasteiger partial charge in [0.15, 0.2) is 0 Å². The third-order valence-electron chi connectivity index (χ3n) is 4.39. The van der Waals surface area contributed by atoms with E-state index >= 15 is 0 Å². The van der Waals surface area contributed by atoms with Gasteiger partial charge in [0.1, 0.15) is 5.69 Å². The minimum atomic E-state index is -0.515. The minimum absolute atomic E-state index is 0.119. The van der Waals surface area contributed by atoms with E-state index in [0.717, 1.165) is 5.46 Å². The number of carbonyl (C=O) groups excluding carboxylic acids is 2. The van der Waals surface area contributed by atoms with Crippen molar-refractivity contribution in [3.05, 3.63) is 24.0 Å². The van der Waals surface area contributed by atoms with Crippen LogP contribution in [0.25, 0.3) is 0 Å². The van der Waals surface area contributed by atoms with Gasteiger partial charge in [0.2, 0.25) is 0 Å². The molecule has 130 valence electrons. The summed E-state index contributed by atoms with van der Waals surface area (Å²) in [6, 6.07) is 3.36. The van der Waals surface area contributed by atoms with Crippen molar-refractivity contribution in [2.24, 2.45) is 0 Å². The van der Waals surface area contributed by atoms with Gasteiger partial charge in [-0.2, -0.15) is 0 Å². The fourth-order valence-corrected chi connectivity index (χ4v) is 2.13. The van der Waals surface area contributed by atoms with Gasteiger partial charge in [-0.1, -0.05) is 6.07 Å². The first kappa shape index (κ1) is 18.4. The number of rotatable bonds is 5. The van der Waals surface area contributed by atoms with Crippen LogP contribution in [-0.4, -0.2) is 48.8 Å². The fraction of sp³-hybridized carbons (Fsp3) is 0.562. The second-order valence-electron chi connectivity index (χ2n) is 6.65. The van der Waals surface area contributed by atoms with Crippen LogP contribution in [0.2, 0.25) is 0 Å². The molecule has 0 bridgehead atoms. The summed E-state index contributed by atoms with van der Waals surface area (Å²) in [4.78, 5) is 27.1. The standard InChI is InChI=1S/C16H23BN2O5/c1-15(2)16(3,4)24-17(23-15)11-6-7-12(19-10-11)14(21)18-9-8-13(20)22-5/h6-7,10H,8-9H2,1-5H3,(H,18,21). The zero-order chi connectivity index (χ0) is 18.0. The van der Waals surface area contributed by atoms with Crippen molar-refractivity contribution in [1.82, 2.24) is 10.3 Å². The van der Waals surface area contributed by atoms with Crippen molar-refractivity contribution in [1.29, 1.82) is 0 Å². The molecule has 8 heteroatoms. The third kappa shape index (κ3) is 3.94. The van der Waals surface area contributed by atoms with Gasteiger partial charge in [-0.25, -0.2) is 0 Å². The van der Waals surface area contributed by atoms with Crippen LogP contribution < -0.4 is 10.8 Å². The molecule has 0 spiro atoms. The van der Waals surface area contributed by atoms with Gasteiger partial charge in [0, 0.05) is 18.2 Å². The van der Waals surface area contributed by atoms with Gasteiger partial charge in [-0.15, -0.1) is 0 Å². The Hall–Kier alpha value is -1.93. The molecule has 2 heterocycles. The van der Waals surface area contributed by atoms with Gasteiger partial charge in [0.25, 0.3) is 5.91 Å². The summed E-state index contributed by atoms with van der Waals surface area (Å²) in [7, 11) is 0.791. The molecule has 0 unspecified atom stereocenters. The molecule has 1 aliphatic rings. The monoisotopic (exact) mass is 334 g/mol. The topological polar surface area (TPSA) is 86.8 Å². The Labute approximate surface area is 142 Å². The van der Waals surface area contributed by atoms with Crippen LogP contribution in [0, 0.1) is 0 Å². The number of hydrogen-bond acceptors (Lipinski definition) is 6. The maximum atomic E-state index is 12.0. The number of aromatic nitrogens is 1. The lowest BCUT2D eigenvalue weighted by Crippen LogP contribution is -2.41. The fourth-order valence-electron chi connectivity index (χ4n) is 2.13. The summed E-state index contributed by atoms with van der Waals surface area (Å²) in [5.41, 5.74) is 0.156. The van der Waals surface area contributed by atoms with E-state index in [9.17, 15) is 9.59 Å². The highest BCUT2D eigenvalue weighted by atomic mass is 16.7. The lowest BCUT2D eigenvalue weighted by Gasteiger charge is -2.32. The molecule has 0 aromatic carbocycles. The number of nitrogens with one attached hydrogen (secondary N) is 1. The summed E-state index contributed by atoms with van der Waals surface area (Å²) >= 11 is 0. The smallest absolute Gasteiger partial charge is 0.469 e. The number of pyridine rings is 1. The van der Waals surface area contributed by atoms with Crippen LogP contribution in [0.3, 0.4) is 0 Å². The van der Waals surface area contributed by atoms with E-state index < -0.39 is 18.3 Å². The Morgan fingerprint density at radius 3 is 2.33 bits per heavy atom. The van der Waals surface area contributed by atoms with E-state index in [1.807, 2.05) is 27.7 Å². The van der Waals surface area contributed by atoms with Crippen LogP contribution in [0.4, 0.5) is 0 Å². The molecule has 0 atom stereocenters. The van der Waals surface area contributed by atoms with Crippen LogP contribution in [0.1, 0.15) is 44.6 Å². The normalized spacial score (nSPS) is 18.3. The predicted octanol–water partition coefficient (Wildman–Crippen LogP) is 0.674. The number of nitrogens with zero attached hydrogens (tertiary/aromatic N) is 1. The van der Waals surface area contributed by atoms with E-state index in [1.165, 1.54) is 7.11 Å². The molecule has 1 aromatic heterocycles. The van der Waals surface area contributed by atoms with Crippen molar-refractivity contribution in [3.63, 3.8) is 0 Å². The Balaban J connectivity index is 1.96. The largest absolute Gasteiger partial charge is 0.496 e. The SMILES string of the molecule is COC(=O)CCNC(=O)c1ccc(B2OC(C)(C)C(C)(C)O2)cn1. The average Bonchev–Trinajstić information content (AvgIpc) is 2.75. The quantitative estimate of drug-likeness (QED) is 0.629. The first-order valence-electron chi connectivity index (χ1n) is 7.83. The molecule has 1 aliphatic heterocycles. The first-order valence-corrected chi connectivity index (χ1v) is 7.83. The molecule has 0 saturated carbocycles. The molecule has 1 N–H and O–H groups in total. The maximum absolute atomic E-state index is 12.0. The van der Waals surface area contributed by atoms with Gasteiger partial charge in [-0.3, -0.25) is 14.6 Å². The number of esters is 1. The van der Waals surface area contributed by atoms with E-state index in [-0.39, 0.29) is 30.5 Å². The van der Waals surface area contributed by atoms with Crippen LogP contribution >= 0.6 is 0 Å². The van der Waals surface area contributed by atoms with Crippen LogP contribution in [0.15, 0.2) is 18.3 Å². The number of ether oxygens (including phenoxy) is 1. The Kier molecular flexibility index (Phi) is 5.30. The zero-order valence-electron chi connectivity index (χ0n) is 14.7. The van der Waals surface area contributed by atoms with Gasteiger partial charge in [0.05, 0.1) is 24.7 Å². The molecule has 2 rings (SSSR count). The molecule has 7 nitrogen and oxygen atoms in total. The van der Waals surface area contributed by atoms with Crippen LogP contribution in [0.5, 0.6) is 0 Å². The second-order valence-corrected chi connectivity index (χ2v) is 6.65. The van der Waals surface area contributed by atoms with Crippen molar-refractivity contribution in [2.75, 3.05) is 13.7 Å². The molecule has 24 heavy (non-hydrogen) atoms. The molecule has 1 aromatic rings. The number of hydrogen-bond donors (Lipinski definition) is 1. The third-order valence-corrected chi connectivity index (χ3v) is 4.39. The first-order chi connectivity index (χ1) is 11.2. The zero-order valence-corrected chi connectivity index (χ0v) is 14.7. The Bertz CT molecular complexity index is 599. The molecular formula is C16H23BN2O5. The molecule has 1 fully saturated rings. The highest BCUT2D eigenvalue weighted by Crippen LogP contribution is 2.36. The lowest BCUT2D eigenvalue weighted by molar-refractivity contribution is -0.140. The summed E-state index contributed by atoms with van der Waals surface area (Å²) in [5, 5.41) is 2.61. The van der Waals surface area contributed by atoms with E-state index in [4.69, 9.17) is 9.31 Å². The minimum Gasteiger partial charge on any atom is -0.469 e. The summed E-state index contributed by atoms with van der Waals surface area (Å²) in [5.74, 6) is -0.723. The number of amides is 1. The van der Waals surface area contributed by atoms with Crippen molar-refractivity contribution in [2.45, 2.75) is 45.3 Å². The average molecular weight is 334 g/mol. The predicted molar refractivity (Wildman–Crippen MR) is 88.9 cm³/mol. The number of methoxy groups -OCH3 is 1. The molecule has 1 saturated heterocycles. The molecule has 1 amide bonds. The summed E-state index contributed by atoms with van der Waals surface area (Å²) in [6.07, 6.45) is 1.69. The Morgan fingerprint density at radius 1 is 1.21 bits per heavy atom. The van der Waals surface area contributed by atoms with Gasteiger partial charge < -0.3 is 19.4 Å². The van der Waals surface area contributed by atoms with E-state index in [1.54, 1.807) is 18.3 Å². The Morgan fingerprint density at radius 2 is 1.83 bits per heavy atom. The van der Waals surface area contributed by atoms with E-state index in [0.29, 0.717) is 0 Å². The van der Waals surface area contributed by atoms with Crippen molar-refractivity contribution >= 4 is 24.5 Å². The van der Waals surface area contributed by atoms with Crippen LogP contribution in [-0.2, 0) is 18.8 Å². The molecule has 0 radical (unpaired) electrons. The van der Waals surface area contributed by atoms with E-state index in [2.05, 4.69) is 15.0 Å². The highest BCUT2D eigenvalue weighted by molar-refractivity contribution is 6.62. The van der Waals surface area contributed by atoms with Gasteiger partial charge >= 0.3 is 13.1 Å². The second kappa shape index (κ2) is 6.90. The number of carbonyl (C=O) groups is 2. The van der Waals surface area contributed by atoms with Crippen molar-refractivity contribution in [3.8, 4) is 0 Å². The lowest BCUT2D eigenvalue weighted by atomic mass is 9.80. The van der Waals surface area contributed by atoms with Crippen molar-refractivity contribution < 1.29 is 23.6 Å². The molecule has 0 aliphatic carbocycles. The molecular weight excluding hydrogens is 311 g/mol. The summed E-state index contributed by atoms with van der Waals surface area (Å²) in [6.45, 7) is 8.10. The maximum Gasteiger partial charge on any atom is 0.496 e. The van der Waals surface area contributed by atoms with Gasteiger partial charge in [-0.05, 0) is 33.8 Å². The summed E-state index contributed by atoms with van der Waals surface area (Å²) < 4.78 is 16.4.